The highest BCUT2D eigenvalue weighted by atomic mass is 16.5. The Labute approximate surface area is 171 Å². The maximum absolute atomic E-state index is 5.95. The predicted octanol–water partition coefficient (Wildman–Crippen LogP) is 1.30. The highest BCUT2D eigenvalue weighted by molar-refractivity contribution is 5.80. The molecule has 0 aromatic rings. The van der Waals surface area contributed by atoms with Crippen LogP contribution in [0.5, 0.6) is 0 Å². The third-order valence-corrected chi connectivity index (χ3v) is 6.61. The molecule has 0 amide bonds. The van der Waals surface area contributed by atoms with E-state index in [9.17, 15) is 0 Å². The van der Waals surface area contributed by atoms with E-state index in [4.69, 9.17) is 9.47 Å². The van der Waals surface area contributed by atoms with Crippen LogP contribution in [0, 0.1) is 0 Å². The third kappa shape index (κ3) is 6.05. The maximum Gasteiger partial charge on any atom is 0.191 e. The van der Waals surface area contributed by atoms with Crippen molar-refractivity contribution in [1.29, 1.82) is 0 Å². The summed E-state index contributed by atoms with van der Waals surface area (Å²) in [5, 5.41) is 7.15. The first-order valence-electron chi connectivity index (χ1n) is 11.2. The summed E-state index contributed by atoms with van der Waals surface area (Å²) in [7, 11) is 4.10. The van der Waals surface area contributed by atoms with Gasteiger partial charge in [0.1, 0.15) is 0 Å². The molecule has 162 valence electrons. The Bertz CT molecular complexity index is 481. The second kappa shape index (κ2) is 10.8. The van der Waals surface area contributed by atoms with Crippen molar-refractivity contribution in [2.45, 2.75) is 63.1 Å². The number of rotatable bonds is 7. The number of guanidine groups is 1. The van der Waals surface area contributed by atoms with Crippen molar-refractivity contribution >= 4 is 5.96 Å². The monoisotopic (exact) mass is 395 g/mol. The molecule has 0 saturated carbocycles. The average Bonchev–Trinajstić information content (AvgIpc) is 3.25. The second-order valence-electron chi connectivity index (χ2n) is 8.87. The van der Waals surface area contributed by atoms with E-state index in [2.05, 4.69) is 39.4 Å². The molecule has 3 heterocycles. The summed E-state index contributed by atoms with van der Waals surface area (Å²) in [6.07, 6.45) is 7.77. The van der Waals surface area contributed by atoms with E-state index in [1.807, 2.05) is 7.05 Å². The zero-order chi connectivity index (χ0) is 19.8. The van der Waals surface area contributed by atoms with Crippen molar-refractivity contribution in [2.75, 3.05) is 66.6 Å². The van der Waals surface area contributed by atoms with Gasteiger partial charge in [-0.15, -0.1) is 0 Å². The Hall–Kier alpha value is -0.890. The summed E-state index contributed by atoms with van der Waals surface area (Å²) < 4.78 is 11.3. The molecule has 7 nitrogen and oxygen atoms in total. The summed E-state index contributed by atoms with van der Waals surface area (Å²) in [5.74, 6) is 0.883. The summed E-state index contributed by atoms with van der Waals surface area (Å²) in [6.45, 7) is 10.2. The minimum Gasteiger partial charge on any atom is -0.379 e. The molecule has 2 atom stereocenters. The number of hydrogen-bond donors (Lipinski definition) is 2. The highest BCUT2D eigenvalue weighted by Gasteiger charge is 2.39. The number of hydrogen-bond acceptors (Lipinski definition) is 5. The van der Waals surface area contributed by atoms with E-state index in [-0.39, 0.29) is 17.7 Å². The molecule has 2 unspecified atom stereocenters. The number of piperidine rings is 2. The lowest BCUT2D eigenvalue weighted by molar-refractivity contribution is 0.0170. The number of nitrogens with one attached hydrogen (secondary N) is 2. The fraction of sp³-hybridized carbons (Fsp3) is 0.952. The molecule has 0 bridgehead atoms. The molecule has 0 spiro atoms. The van der Waals surface area contributed by atoms with Gasteiger partial charge in [0.25, 0.3) is 0 Å². The molecular formula is C21H41N5O2. The van der Waals surface area contributed by atoms with Crippen LogP contribution in [0.25, 0.3) is 0 Å². The minimum absolute atomic E-state index is 0.218. The van der Waals surface area contributed by atoms with E-state index in [0.717, 1.165) is 32.1 Å². The van der Waals surface area contributed by atoms with E-state index in [1.165, 1.54) is 58.3 Å². The van der Waals surface area contributed by atoms with Crippen molar-refractivity contribution < 1.29 is 9.47 Å². The molecule has 2 N–H and O–H groups in total. The Morgan fingerprint density at radius 3 is 2.61 bits per heavy atom. The first kappa shape index (κ1) is 21.8. The van der Waals surface area contributed by atoms with Crippen LogP contribution in [0.15, 0.2) is 4.99 Å². The third-order valence-electron chi connectivity index (χ3n) is 6.61. The second-order valence-corrected chi connectivity index (χ2v) is 8.87. The Balaban J connectivity index is 1.50. The number of ether oxygens (including phenoxy) is 2. The smallest absolute Gasteiger partial charge is 0.191 e. The van der Waals surface area contributed by atoms with Crippen LogP contribution in [0.3, 0.4) is 0 Å². The largest absolute Gasteiger partial charge is 0.379 e. The van der Waals surface area contributed by atoms with Gasteiger partial charge in [-0.05, 0) is 72.3 Å². The quantitative estimate of drug-likeness (QED) is 0.500. The Morgan fingerprint density at radius 2 is 1.96 bits per heavy atom. The van der Waals surface area contributed by atoms with Gasteiger partial charge in [-0.25, -0.2) is 0 Å². The molecular weight excluding hydrogens is 354 g/mol. The lowest BCUT2D eigenvalue weighted by Gasteiger charge is -2.50. The molecule has 3 aliphatic heterocycles. The molecule has 3 saturated heterocycles. The summed E-state index contributed by atoms with van der Waals surface area (Å²) in [6, 6.07) is 0.218. The molecule has 3 fully saturated rings. The van der Waals surface area contributed by atoms with Gasteiger partial charge in [-0.2, -0.15) is 0 Å². The van der Waals surface area contributed by atoms with Crippen LogP contribution in [-0.4, -0.2) is 100 Å². The van der Waals surface area contributed by atoms with Crippen LogP contribution in [0.1, 0.15) is 45.4 Å². The van der Waals surface area contributed by atoms with Crippen molar-refractivity contribution in [1.82, 2.24) is 20.4 Å². The van der Waals surface area contributed by atoms with Crippen molar-refractivity contribution in [2.24, 2.45) is 4.99 Å². The number of nitrogens with zero attached hydrogens (tertiary/aromatic N) is 3. The molecule has 7 heteroatoms. The van der Waals surface area contributed by atoms with Gasteiger partial charge in [0, 0.05) is 31.8 Å². The van der Waals surface area contributed by atoms with Gasteiger partial charge in [0.05, 0.1) is 19.3 Å². The van der Waals surface area contributed by atoms with Gasteiger partial charge in [0.2, 0.25) is 0 Å². The molecule has 0 aromatic heterocycles. The first-order valence-corrected chi connectivity index (χ1v) is 11.2. The highest BCUT2D eigenvalue weighted by Crippen LogP contribution is 2.30. The normalized spacial score (nSPS) is 28.2. The van der Waals surface area contributed by atoms with Crippen LogP contribution in [-0.2, 0) is 9.47 Å². The molecule has 3 rings (SSSR count). The molecule has 0 radical (unpaired) electrons. The Kier molecular flexibility index (Phi) is 8.38. The van der Waals surface area contributed by atoms with Gasteiger partial charge in [-0.1, -0.05) is 6.42 Å². The summed E-state index contributed by atoms with van der Waals surface area (Å²) >= 11 is 0. The van der Waals surface area contributed by atoms with Crippen LogP contribution in [0.2, 0.25) is 0 Å². The van der Waals surface area contributed by atoms with Gasteiger partial charge in [0.15, 0.2) is 5.96 Å². The van der Waals surface area contributed by atoms with Crippen molar-refractivity contribution in [3.8, 4) is 0 Å². The fourth-order valence-electron chi connectivity index (χ4n) is 4.65. The zero-order valence-electron chi connectivity index (χ0n) is 18.2. The molecule has 3 aliphatic rings. The zero-order valence-corrected chi connectivity index (χ0v) is 18.2. The number of likely N-dealkylation sites (tertiary alicyclic amines) is 2. The fourth-order valence-corrected chi connectivity index (χ4v) is 4.65. The summed E-state index contributed by atoms with van der Waals surface area (Å²) in [5.41, 5.74) is 0.255. The van der Waals surface area contributed by atoms with E-state index >= 15 is 0 Å². The SMILES string of the molecule is CN=C(NCC1(N2CCCCC2)CCN(C)CC1)NC(C)COC1CCOC1. The number of aliphatic imine (C=N–C) groups is 1. The van der Waals surface area contributed by atoms with Crippen LogP contribution < -0.4 is 10.6 Å². The van der Waals surface area contributed by atoms with Crippen molar-refractivity contribution in [3.63, 3.8) is 0 Å². The van der Waals surface area contributed by atoms with Gasteiger partial charge >= 0.3 is 0 Å². The van der Waals surface area contributed by atoms with E-state index in [0.29, 0.717) is 6.61 Å². The van der Waals surface area contributed by atoms with Crippen molar-refractivity contribution in [3.05, 3.63) is 0 Å². The molecule has 0 aliphatic carbocycles. The average molecular weight is 396 g/mol. The summed E-state index contributed by atoms with van der Waals surface area (Å²) in [4.78, 5) is 9.69. The van der Waals surface area contributed by atoms with E-state index in [1.54, 1.807) is 0 Å². The minimum atomic E-state index is 0.218. The van der Waals surface area contributed by atoms with E-state index < -0.39 is 0 Å². The van der Waals surface area contributed by atoms with Gasteiger partial charge in [-0.3, -0.25) is 9.89 Å². The lowest BCUT2D eigenvalue weighted by atomic mass is 9.84. The standard InChI is InChI=1S/C21H41N5O2/c1-18(15-28-19-7-14-27-16-19)24-20(22-2)23-17-21(8-12-25(3)13-9-21)26-10-5-4-6-11-26/h18-19H,4-17H2,1-3H3,(H2,22,23,24). The molecule has 0 aromatic carbocycles. The van der Waals surface area contributed by atoms with Gasteiger partial charge < -0.3 is 25.0 Å². The Morgan fingerprint density at radius 1 is 1.21 bits per heavy atom. The van der Waals surface area contributed by atoms with Crippen LogP contribution >= 0.6 is 0 Å². The predicted molar refractivity (Wildman–Crippen MR) is 114 cm³/mol. The first-order chi connectivity index (χ1) is 13.6. The lowest BCUT2D eigenvalue weighted by Crippen LogP contribution is -2.62. The molecule has 28 heavy (non-hydrogen) atoms. The van der Waals surface area contributed by atoms with Crippen LogP contribution in [0.4, 0.5) is 0 Å². The topological polar surface area (TPSA) is 61.4 Å². The maximum atomic E-state index is 5.95.